The van der Waals surface area contributed by atoms with Gasteiger partial charge in [0.15, 0.2) is 5.78 Å². The van der Waals surface area contributed by atoms with E-state index in [1.807, 2.05) is 6.92 Å². The fraction of sp³-hybridized carbons (Fsp3) is 0.160. The van der Waals surface area contributed by atoms with E-state index in [-0.39, 0.29) is 16.3 Å². The molecule has 0 saturated heterocycles. The van der Waals surface area contributed by atoms with Crippen LogP contribution in [0.1, 0.15) is 35.7 Å². The fourth-order valence-electron chi connectivity index (χ4n) is 3.94. The summed E-state index contributed by atoms with van der Waals surface area (Å²) in [6.07, 6.45) is 1.59. The summed E-state index contributed by atoms with van der Waals surface area (Å²) in [5.74, 6) is -1.22. The highest BCUT2D eigenvalue weighted by Gasteiger charge is 2.45. The van der Waals surface area contributed by atoms with Gasteiger partial charge in [0.2, 0.25) is 10.0 Å². The minimum atomic E-state index is -4.10. The molecule has 0 fully saturated rings. The zero-order valence-corrected chi connectivity index (χ0v) is 18.3. The summed E-state index contributed by atoms with van der Waals surface area (Å²) in [5.41, 5.74) is 2.17. The molecule has 1 heterocycles. The maximum Gasteiger partial charge on any atom is 0.244 e. The van der Waals surface area contributed by atoms with E-state index >= 15 is 0 Å². The SMILES string of the molecule is CC(=O)C1=C[C@@H](c2ccc(F)cc2)N(S(=O)(=O)c2ccc(C)cc2)[C@H]1c1ccc(F)cc1. The molecule has 4 nitrogen and oxygen atoms in total. The number of carbonyl (C=O) groups is 1. The second kappa shape index (κ2) is 8.41. The van der Waals surface area contributed by atoms with Crippen LogP contribution in [0.25, 0.3) is 0 Å². The average molecular weight is 454 g/mol. The molecule has 2 atom stereocenters. The van der Waals surface area contributed by atoms with Crippen LogP contribution in [0.2, 0.25) is 0 Å². The Morgan fingerprint density at radius 2 is 1.31 bits per heavy atom. The van der Waals surface area contributed by atoms with Gasteiger partial charge in [0.1, 0.15) is 11.6 Å². The summed E-state index contributed by atoms with van der Waals surface area (Å²) < 4.78 is 56.1. The Hall–Kier alpha value is -3.16. The Bertz CT molecular complexity index is 1280. The highest BCUT2D eigenvalue weighted by molar-refractivity contribution is 7.89. The normalized spacial score (nSPS) is 19.1. The molecule has 0 unspecified atom stereocenters. The highest BCUT2D eigenvalue weighted by Crippen LogP contribution is 2.47. The van der Waals surface area contributed by atoms with Crippen LogP contribution in [-0.2, 0) is 14.8 Å². The first kappa shape index (κ1) is 22.0. The number of benzene rings is 3. The van der Waals surface area contributed by atoms with Crippen molar-refractivity contribution in [3.8, 4) is 0 Å². The average Bonchev–Trinajstić information content (AvgIpc) is 3.17. The number of hydrogen-bond donors (Lipinski definition) is 0. The standard InChI is InChI=1S/C25H21F2NO3S/c1-16-3-13-22(14-4-16)32(30,31)28-24(18-5-9-20(26)10-6-18)15-23(17(2)29)25(28)19-7-11-21(27)12-8-19/h3-15,24-25H,1-2H3/t24-,25-/m0/s1. The van der Waals surface area contributed by atoms with Crippen molar-refractivity contribution in [1.29, 1.82) is 0 Å². The molecule has 0 saturated carbocycles. The van der Waals surface area contributed by atoms with E-state index in [1.54, 1.807) is 18.2 Å². The lowest BCUT2D eigenvalue weighted by Gasteiger charge is -2.31. The molecule has 164 valence electrons. The lowest BCUT2D eigenvalue weighted by atomic mass is 9.98. The molecule has 4 rings (SSSR count). The minimum Gasteiger partial charge on any atom is -0.295 e. The minimum absolute atomic E-state index is 0.0699. The zero-order valence-electron chi connectivity index (χ0n) is 17.5. The number of halogens is 2. The van der Waals surface area contributed by atoms with Gasteiger partial charge in [-0.1, -0.05) is 48.0 Å². The first-order valence-corrected chi connectivity index (χ1v) is 11.5. The van der Waals surface area contributed by atoms with Crippen LogP contribution in [0.5, 0.6) is 0 Å². The van der Waals surface area contributed by atoms with E-state index in [0.29, 0.717) is 11.1 Å². The van der Waals surface area contributed by atoms with Crippen molar-refractivity contribution in [2.24, 2.45) is 0 Å². The number of ketones is 1. The van der Waals surface area contributed by atoms with Crippen molar-refractivity contribution in [3.05, 3.63) is 113 Å². The zero-order chi connectivity index (χ0) is 23.0. The molecule has 0 spiro atoms. The number of carbonyl (C=O) groups excluding carboxylic acids is 1. The summed E-state index contributed by atoms with van der Waals surface area (Å²) in [7, 11) is -4.10. The summed E-state index contributed by atoms with van der Waals surface area (Å²) >= 11 is 0. The van der Waals surface area contributed by atoms with E-state index in [0.717, 1.165) is 5.56 Å². The predicted octanol–water partition coefficient (Wildman–Crippen LogP) is 5.28. The highest BCUT2D eigenvalue weighted by atomic mass is 32.2. The van der Waals surface area contributed by atoms with Gasteiger partial charge in [0.05, 0.1) is 17.0 Å². The number of Topliss-reactive ketones (excluding diaryl/α,β-unsaturated/α-hetero) is 1. The van der Waals surface area contributed by atoms with Gasteiger partial charge < -0.3 is 0 Å². The number of sulfonamides is 1. The van der Waals surface area contributed by atoms with Gasteiger partial charge in [0, 0.05) is 5.57 Å². The second-order valence-corrected chi connectivity index (χ2v) is 9.62. The number of aryl methyl sites for hydroxylation is 1. The molecule has 0 amide bonds. The van der Waals surface area contributed by atoms with Crippen LogP contribution in [-0.4, -0.2) is 18.5 Å². The van der Waals surface area contributed by atoms with E-state index in [1.165, 1.54) is 71.9 Å². The maximum atomic E-state index is 13.8. The Kier molecular flexibility index (Phi) is 5.79. The molecule has 0 aromatic heterocycles. The number of rotatable bonds is 5. The first-order valence-electron chi connectivity index (χ1n) is 10.0. The van der Waals surface area contributed by atoms with E-state index in [9.17, 15) is 22.0 Å². The molecule has 3 aromatic rings. The molecule has 0 radical (unpaired) electrons. The van der Waals surface area contributed by atoms with Crippen LogP contribution in [0.15, 0.2) is 89.3 Å². The van der Waals surface area contributed by atoms with Crippen LogP contribution in [0, 0.1) is 18.6 Å². The fourth-order valence-corrected chi connectivity index (χ4v) is 5.66. The van der Waals surface area contributed by atoms with Gasteiger partial charge in [-0.2, -0.15) is 4.31 Å². The topological polar surface area (TPSA) is 54.5 Å². The van der Waals surface area contributed by atoms with Crippen LogP contribution < -0.4 is 0 Å². The molecule has 7 heteroatoms. The van der Waals surface area contributed by atoms with Gasteiger partial charge in [-0.15, -0.1) is 0 Å². The molecule has 3 aromatic carbocycles. The largest absolute Gasteiger partial charge is 0.295 e. The Morgan fingerprint density at radius 3 is 1.81 bits per heavy atom. The second-order valence-electron chi connectivity index (χ2n) is 7.78. The third-order valence-corrected chi connectivity index (χ3v) is 7.42. The molecule has 0 aliphatic carbocycles. The third kappa shape index (κ3) is 4.01. The van der Waals surface area contributed by atoms with Crippen molar-refractivity contribution < 1.29 is 22.0 Å². The van der Waals surface area contributed by atoms with Crippen molar-refractivity contribution in [3.63, 3.8) is 0 Å². The van der Waals surface area contributed by atoms with Gasteiger partial charge in [0.25, 0.3) is 0 Å². The first-order chi connectivity index (χ1) is 15.2. The third-order valence-electron chi connectivity index (χ3n) is 5.56. The Labute approximate surface area is 185 Å². The molecular weight excluding hydrogens is 432 g/mol. The lowest BCUT2D eigenvalue weighted by molar-refractivity contribution is -0.114. The van der Waals surface area contributed by atoms with Crippen molar-refractivity contribution in [2.75, 3.05) is 0 Å². The van der Waals surface area contributed by atoms with Crippen LogP contribution in [0.3, 0.4) is 0 Å². The van der Waals surface area contributed by atoms with Gasteiger partial charge in [-0.05, 0) is 61.4 Å². The van der Waals surface area contributed by atoms with E-state index in [2.05, 4.69) is 0 Å². The monoisotopic (exact) mass is 453 g/mol. The van der Waals surface area contributed by atoms with Gasteiger partial charge in [-0.3, -0.25) is 4.79 Å². The van der Waals surface area contributed by atoms with Gasteiger partial charge in [-0.25, -0.2) is 17.2 Å². The summed E-state index contributed by atoms with van der Waals surface area (Å²) in [6, 6.07) is 15.5. The molecular formula is C25H21F2NO3S. The Morgan fingerprint density at radius 1 is 0.812 bits per heavy atom. The number of nitrogens with zero attached hydrogens (tertiary/aromatic N) is 1. The number of hydrogen-bond acceptors (Lipinski definition) is 3. The summed E-state index contributed by atoms with van der Waals surface area (Å²) in [5, 5.41) is 0. The van der Waals surface area contributed by atoms with Crippen molar-refractivity contribution in [1.82, 2.24) is 4.31 Å². The van der Waals surface area contributed by atoms with Crippen LogP contribution >= 0.6 is 0 Å². The van der Waals surface area contributed by atoms with Crippen LogP contribution in [0.4, 0.5) is 8.78 Å². The van der Waals surface area contributed by atoms with E-state index < -0.39 is 33.7 Å². The molecule has 1 aliphatic rings. The van der Waals surface area contributed by atoms with Crippen molar-refractivity contribution >= 4 is 15.8 Å². The predicted molar refractivity (Wildman–Crippen MR) is 117 cm³/mol. The lowest BCUT2D eigenvalue weighted by Crippen LogP contribution is -2.35. The quantitative estimate of drug-likeness (QED) is 0.529. The van der Waals surface area contributed by atoms with E-state index in [4.69, 9.17) is 0 Å². The summed E-state index contributed by atoms with van der Waals surface area (Å²) in [4.78, 5) is 12.6. The molecule has 32 heavy (non-hydrogen) atoms. The Balaban J connectivity index is 1.93. The van der Waals surface area contributed by atoms with Crippen molar-refractivity contribution in [2.45, 2.75) is 30.8 Å². The molecule has 0 N–H and O–H groups in total. The van der Waals surface area contributed by atoms with Gasteiger partial charge >= 0.3 is 0 Å². The summed E-state index contributed by atoms with van der Waals surface area (Å²) in [6.45, 7) is 3.22. The maximum absolute atomic E-state index is 13.8. The smallest absolute Gasteiger partial charge is 0.244 e. The molecule has 1 aliphatic heterocycles. The molecule has 0 bridgehead atoms.